The standard InChI is InChI=1S/C16H27NO4/c1-7-12(2)11-16(13(18)20-6)9-8-10-17(16)14(19)21-15(3,4)5/h2,7-11H2,1,3-6H3. The van der Waals surface area contributed by atoms with E-state index in [1.54, 1.807) is 0 Å². The van der Waals surface area contributed by atoms with Crippen molar-refractivity contribution >= 4 is 12.1 Å². The molecule has 1 atom stereocenters. The molecule has 0 N–H and O–H groups in total. The van der Waals surface area contributed by atoms with Gasteiger partial charge in [-0.2, -0.15) is 0 Å². The van der Waals surface area contributed by atoms with Crippen LogP contribution in [0, 0.1) is 0 Å². The first kappa shape index (κ1) is 17.5. The third-order valence-corrected chi connectivity index (χ3v) is 3.71. The highest BCUT2D eigenvalue weighted by Gasteiger charge is 2.51. The second-order valence-corrected chi connectivity index (χ2v) is 6.54. The molecule has 5 heteroatoms. The summed E-state index contributed by atoms with van der Waals surface area (Å²) in [6, 6.07) is 0. The lowest BCUT2D eigenvalue weighted by atomic mass is 9.87. The summed E-state index contributed by atoms with van der Waals surface area (Å²) in [4.78, 5) is 26.3. The minimum Gasteiger partial charge on any atom is -0.467 e. The molecule has 0 aliphatic carbocycles. The van der Waals surface area contributed by atoms with E-state index in [9.17, 15) is 9.59 Å². The summed E-state index contributed by atoms with van der Waals surface area (Å²) in [5, 5.41) is 0. The van der Waals surface area contributed by atoms with Crippen molar-refractivity contribution in [3.05, 3.63) is 12.2 Å². The van der Waals surface area contributed by atoms with Gasteiger partial charge in [0.1, 0.15) is 11.1 Å². The zero-order valence-electron chi connectivity index (χ0n) is 13.8. The van der Waals surface area contributed by atoms with Crippen LogP contribution in [-0.4, -0.2) is 41.8 Å². The van der Waals surface area contributed by atoms with Crippen LogP contribution in [0.1, 0.15) is 53.4 Å². The summed E-state index contributed by atoms with van der Waals surface area (Å²) in [6.45, 7) is 11.9. The molecule has 0 radical (unpaired) electrons. The van der Waals surface area contributed by atoms with Gasteiger partial charge in [0.15, 0.2) is 0 Å². The third kappa shape index (κ3) is 3.99. The maximum atomic E-state index is 12.4. The molecular formula is C16H27NO4. The highest BCUT2D eigenvalue weighted by Crippen LogP contribution is 2.37. The molecule has 120 valence electrons. The van der Waals surface area contributed by atoms with Crippen LogP contribution in [-0.2, 0) is 14.3 Å². The molecule has 0 aromatic carbocycles. The Balaban J connectivity index is 3.07. The van der Waals surface area contributed by atoms with Gasteiger partial charge in [0, 0.05) is 13.0 Å². The molecule has 1 aliphatic rings. The number of rotatable bonds is 4. The van der Waals surface area contributed by atoms with Crippen molar-refractivity contribution in [1.29, 1.82) is 0 Å². The lowest BCUT2D eigenvalue weighted by molar-refractivity contribution is -0.153. The van der Waals surface area contributed by atoms with Gasteiger partial charge in [-0.15, -0.1) is 0 Å². The molecule has 0 aromatic heterocycles. The molecule has 0 spiro atoms. The van der Waals surface area contributed by atoms with Crippen LogP contribution in [0.15, 0.2) is 12.2 Å². The van der Waals surface area contributed by atoms with E-state index in [1.807, 2.05) is 27.7 Å². The van der Waals surface area contributed by atoms with Gasteiger partial charge in [-0.3, -0.25) is 4.90 Å². The number of esters is 1. The predicted molar refractivity (Wildman–Crippen MR) is 81.0 cm³/mol. The maximum Gasteiger partial charge on any atom is 0.411 e. The molecule has 0 bridgehead atoms. The van der Waals surface area contributed by atoms with Crippen molar-refractivity contribution in [3.8, 4) is 0 Å². The molecule has 1 saturated heterocycles. The fraction of sp³-hybridized carbons (Fsp3) is 0.750. The zero-order valence-corrected chi connectivity index (χ0v) is 13.8. The minimum absolute atomic E-state index is 0.388. The third-order valence-electron chi connectivity index (χ3n) is 3.71. The first-order valence-electron chi connectivity index (χ1n) is 7.42. The number of likely N-dealkylation sites (tertiary alicyclic amines) is 1. The molecule has 1 heterocycles. The highest BCUT2D eigenvalue weighted by molar-refractivity contribution is 5.87. The number of hydrogen-bond acceptors (Lipinski definition) is 4. The first-order chi connectivity index (χ1) is 9.66. The van der Waals surface area contributed by atoms with E-state index in [2.05, 4.69) is 6.58 Å². The van der Waals surface area contributed by atoms with Crippen molar-refractivity contribution in [3.63, 3.8) is 0 Å². The molecule has 1 fully saturated rings. The zero-order chi connectivity index (χ0) is 16.3. The summed E-state index contributed by atoms with van der Waals surface area (Å²) in [7, 11) is 1.35. The van der Waals surface area contributed by atoms with E-state index in [0.29, 0.717) is 19.4 Å². The Morgan fingerprint density at radius 1 is 1.33 bits per heavy atom. The van der Waals surface area contributed by atoms with Gasteiger partial charge in [0.2, 0.25) is 0 Å². The smallest absolute Gasteiger partial charge is 0.411 e. The normalized spacial score (nSPS) is 22.0. The van der Waals surface area contributed by atoms with E-state index in [1.165, 1.54) is 12.0 Å². The van der Waals surface area contributed by atoms with Crippen LogP contribution in [0.25, 0.3) is 0 Å². The topological polar surface area (TPSA) is 55.8 Å². The second kappa shape index (κ2) is 6.50. The van der Waals surface area contributed by atoms with Crippen LogP contribution in [0.3, 0.4) is 0 Å². The molecule has 0 saturated carbocycles. The monoisotopic (exact) mass is 297 g/mol. The first-order valence-corrected chi connectivity index (χ1v) is 7.42. The van der Waals surface area contributed by atoms with Crippen molar-refractivity contribution in [2.45, 2.75) is 64.5 Å². The Labute approximate surface area is 127 Å². The van der Waals surface area contributed by atoms with Gasteiger partial charge in [0.05, 0.1) is 7.11 Å². The number of amides is 1. The van der Waals surface area contributed by atoms with Gasteiger partial charge in [-0.1, -0.05) is 19.1 Å². The van der Waals surface area contributed by atoms with Crippen molar-refractivity contribution < 1.29 is 19.1 Å². The molecule has 1 rings (SSSR count). The highest BCUT2D eigenvalue weighted by atomic mass is 16.6. The number of carbonyl (C=O) groups is 2. The molecule has 5 nitrogen and oxygen atoms in total. The molecule has 1 unspecified atom stereocenters. The number of carbonyl (C=O) groups excluding carboxylic acids is 2. The summed E-state index contributed by atoms with van der Waals surface area (Å²) >= 11 is 0. The number of nitrogens with zero attached hydrogens (tertiary/aromatic N) is 1. The lowest BCUT2D eigenvalue weighted by Gasteiger charge is -2.37. The lowest BCUT2D eigenvalue weighted by Crippen LogP contribution is -2.54. The van der Waals surface area contributed by atoms with Crippen LogP contribution >= 0.6 is 0 Å². The van der Waals surface area contributed by atoms with Gasteiger partial charge < -0.3 is 9.47 Å². The average molecular weight is 297 g/mol. The van der Waals surface area contributed by atoms with Crippen LogP contribution in [0.4, 0.5) is 4.79 Å². The fourth-order valence-electron chi connectivity index (χ4n) is 2.66. The number of methoxy groups -OCH3 is 1. The summed E-state index contributed by atoms with van der Waals surface area (Å²) in [5.41, 5.74) is -0.635. The Hall–Kier alpha value is -1.52. The van der Waals surface area contributed by atoms with Gasteiger partial charge >= 0.3 is 12.1 Å². The van der Waals surface area contributed by atoms with Gasteiger partial charge in [0.25, 0.3) is 0 Å². The van der Waals surface area contributed by atoms with Crippen LogP contribution in [0.5, 0.6) is 0 Å². The van der Waals surface area contributed by atoms with E-state index >= 15 is 0 Å². The quantitative estimate of drug-likeness (QED) is 0.590. The van der Waals surface area contributed by atoms with Gasteiger partial charge in [-0.25, -0.2) is 9.59 Å². The van der Waals surface area contributed by atoms with E-state index < -0.39 is 17.2 Å². The minimum atomic E-state index is -0.968. The van der Waals surface area contributed by atoms with Crippen molar-refractivity contribution in [2.24, 2.45) is 0 Å². The summed E-state index contributed by atoms with van der Waals surface area (Å²) < 4.78 is 10.4. The van der Waals surface area contributed by atoms with Gasteiger partial charge in [-0.05, 0) is 40.0 Å². The van der Waals surface area contributed by atoms with Crippen molar-refractivity contribution in [1.82, 2.24) is 4.90 Å². The number of hydrogen-bond donors (Lipinski definition) is 0. The molecule has 21 heavy (non-hydrogen) atoms. The van der Waals surface area contributed by atoms with Crippen LogP contribution < -0.4 is 0 Å². The molecule has 0 aromatic rings. The van der Waals surface area contributed by atoms with Crippen LogP contribution in [0.2, 0.25) is 0 Å². The molecular weight excluding hydrogens is 270 g/mol. The van der Waals surface area contributed by atoms with E-state index in [-0.39, 0.29) is 5.97 Å². The summed E-state index contributed by atoms with van der Waals surface area (Å²) in [6.07, 6.45) is 2.06. The number of ether oxygens (including phenoxy) is 2. The Bertz CT molecular complexity index is 424. The predicted octanol–water partition coefficient (Wildman–Crippen LogP) is 3.29. The van der Waals surface area contributed by atoms with Crippen molar-refractivity contribution in [2.75, 3.05) is 13.7 Å². The largest absolute Gasteiger partial charge is 0.467 e. The molecule has 1 amide bonds. The maximum absolute atomic E-state index is 12.4. The Kier molecular flexibility index (Phi) is 5.42. The summed E-state index contributed by atoms with van der Waals surface area (Å²) in [5.74, 6) is -0.388. The Morgan fingerprint density at radius 2 is 1.95 bits per heavy atom. The fourth-order valence-corrected chi connectivity index (χ4v) is 2.66. The van der Waals surface area contributed by atoms with E-state index in [0.717, 1.165) is 18.4 Å². The Morgan fingerprint density at radius 3 is 2.43 bits per heavy atom. The SMILES string of the molecule is C=C(CC)CC1(C(=O)OC)CCCN1C(=O)OC(C)(C)C. The average Bonchev–Trinajstić information content (AvgIpc) is 2.80. The van der Waals surface area contributed by atoms with E-state index in [4.69, 9.17) is 9.47 Å². The molecule has 1 aliphatic heterocycles. The second-order valence-electron chi connectivity index (χ2n) is 6.54.